The highest BCUT2D eigenvalue weighted by atomic mass is 32.2. The van der Waals surface area contributed by atoms with Crippen LogP contribution in [0.2, 0.25) is 0 Å². The predicted molar refractivity (Wildman–Crippen MR) is 99.3 cm³/mol. The van der Waals surface area contributed by atoms with Gasteiger partial charge in [-0.1, -0.05) is 30.3 Å². The molecule has 0 N–H and O–H groups in total. The Morgan fingerprint density at radius 3 is 2.69 bits per heavy atom. The third kappa shape index (κ3) is 3.90. The molecule has 26 heavy (non-hydrogen) atoms. The van der Waals surface area contributed by atoms with Gasteiger partial charge in [-0.2, -0.15) is 9.57 Å². The predicted octanol–water partition coefficient (Wildman–Crippen LogP) is 3.35. The van der Waals surface area contributed by atoms with E-state index in [1.165, 1.54) is 16.4 Å². The number of hydrogen-bond acceptors (Lipinski definition) is 4. The highest BCUT2D eigenvalue weighted by Gasteiger charge is 2.32. The SMILES string of the molecule is Cc1ccccc1OCC1CCCN(S(=O)(=O)c2ccccc2C#N)C1. The van der Waals surface area contributed by atoms with Crippen molar-refractivity contribution in [1.82, 2.24) is 4.31 Å². The molecule has 1 fully saturated rings. The lowest BCUT2D eigenvalue weighted by Gasteiger charge is -2.32. The second-order valence-corrected chi connectivity index (χ2v) is 8.46. The lowest BCUT2D eigenvalue weighted by Crippen LogP contribution is -2.41. The Morgan fingerprint density at radius 2 is 1.92 bits per heavy atom. The Bertz CT molecular complexity index is 919. The van der Waals surface area contributed by atoms with Crippen LogP contribution in [0.4, 0.5) is 0 Å². The van der Waals surface area contributed by atoms with E-state index in [2.05, 4.69) is 0 Å². The fourth-order valence-corrected chi connectivity index (χ4v) is 4.93. The van der Waals surface area contributed by atoms with Crippen LogP contribution in [0.25, 0.3) is 0 Å². The average molecular weight is 370 g/mol. The number of rotatable bonds is 5. The van der Waals surface area contributed by atoms with Gasteiger partial charge >= 0.3 is 0 Å². The minimum atomic E-state index is -3.67. The Hall–Kier alpha value is -2.36. The summed E-state index contributed by atoms with van der Waals surface area (Å²) < 4.78 is 33.3. The Morgan fingerprint density at radius 1 is 1.19 bits per heavy atom. The smallest absolute Gasteiger partial charge is 0.244 e. The molecule has 1 aliphatic rings. The van der Waals surface area contributed by atoms with Crippen molar-refractivity contribution in [1.29, 1.82) is 5.26 Å². The van der Waals surface area contributed by atoms with Crippen molar-refractivity contribution < 1.29 is 13.2 Å². The lowest BCUT2D eigenvalue weighted by molar-refractivity contribution is 0.179. The number of ether oxygens (including phenoxy) is 1. The molecular weight excluding hydrogens is 348 g/mol. The number of piperidine rings is 1. The minimum absolute atomic E-state index is 0.0861. The van der Waals surface area contributed by atoms with E-state index in [0.29, 0.717) is 19.7 Å². The van der Waals surface area contributed by atoms with Crippen LogP contribution in [0.1, 0.15) is 24.0 Å². The summed E-state index contributed by atoms with van der Waals surface area (Å²) in [5.74, 6) is 0.967. The van der Waals surface area contributed by atoms with Gasteiger partial charge in [0.15, 0.2) is 0 Å². The monoisotopic (exact) mass is 370 g/mol. The average Bonchev–Trinajstić information content (AvgIpc) is 2.67. The lowest BCUT2D eigenvalue weighted by atomic mass is 10.0. The van der Waals surface area contributed by atoms with Gasteiger partial charge in [0.05, 0.1) is 17.1 Å². The van der Waals surface area contributed by atoms with Crippen molar-refractivity contribution in [3.8, 4) is 11.8 Å². The summed E-state index contributed by atoms with van der Waals surface area (Å²) in [7, 11) is -3.67. The molecule has 0 amide bonds. The molecule has 5 nitrogen and oxygen atoms in total. The highest BCUT2D eigenvalue weighted by molar-refractivity contribution is 7.89. The maximum absolute atomic E-state index is 13.0. The van der Waals surface area contributed by atoms with Gasteiger partial charge in [0, 0.05) is 19.0 Å². The van der Waals surface area contributed by atoms with Crippen LogP contribution in [0.3, 0.4) is 0 Å². The fraction of sp³-hybridized carbons (Fsp3) is 0.350. The van der Waals surface area contributed by atoms with Crippen LogP contribution >= 0.6 is 0 Å². The number of hydrogen-bond donors (Lipinski definition) is 0. The zero-order valence-electron chi connectivity index (χ0n) is 14.8. The summed E-state index contributed by atoms with van der Waals surface area (Å²) in [6, 6.07) is 16.1. The Balaban J connectivity index is 1.72. The van der Waals surface area contributed by atoms with Gasteiger partial charge in [0.2, 0.25) is 10.0 Å². The van der Waals surface area contributed by atoms with Crippen LogP contribution in [-0.4, -0.2) is 32.4 Å². The Labute approximate surface area is 154 Å². The molecule has 3 rings (SSSR count). The van der Waals surface area contributed by atoms with E-state index in [0.717, 1.165) is 24.2 Å². The normalized spacial score (nSPS) is 18.2. The second-order valence-electron chi connectivity index (χ2n) is 6.56. The molecule has 0 aliphatic carbocycles. The molecule has 2 aromatic carbocycles. The second kappa shape index (κ2) is 7.90. The van der Waals surface area contributed by atoms with E-state index >= 15 is 0 Å². The van der Waals surface area contributed by atoms with Crippen molar-refractivity contribution in [3.05, 3.63) is 59.7 Å². The molecular formula is C20H22N2O3S. The summed E-state index contributed by atoms with van der Waals surface area (Å²) in [5, 5.41) is 9.22. The molecule has 0 radical (unpaired) electrons. The van der Waals surface area contributed by atoms with Crippen molar-refractivity contribution in [3.63, 3.8) is 0 Å². The quantitative estimate of drug-likeness (QED) is 0.809. The summed E-state index contributed by atoms with van der Waals surface area (Å²) in [6.07, 6.45) is 1.72. The van der Waals surface area contributed by atoms with Gasteiger partial charge in [-0.05, 0) is 43.5 Å². The molecule has 1 unspecified atom stereocenters. The van der Waals surface area contributed by atoms with Crippen molar-refractivity contribution in [2.24, 2.45) is 5.92 Å². The van der Waals surface area contributed by atoms with Gasteiger partial charge in [-0.3, -0.25) is 0 Å². The largest absolute Gasteiger partial charge is 0.493 e. The number of sulfonamides is 1. The van der Waals surface area contributed by atoms with E-state index in [4.69, 9.17) is 4.74 Å². The Kier molecular flexibility index (Phi) is 5.60. The molecule has 1 saturated heterocycles. The van der Waals surface area contributed by atoms with E-state index < -0.39 is 10.0 Å². The van der Waals surface area contributed by atoms with E-state index in [1.807, 2.05) is 37.3 Å². The molecule has 1 aliphatic heterocycles. The van der Waals surface area contributed by atoms with Crippen molar-refractivity contribution >= 4 is 10.0 Å². The van der Waals surface area contributed by atoms with E-state index in [9.17, 15) is 13.7 Å². The molecule has 6 heteroatoms. The van der Waals surface area contributed by atoms with Crippen LogP contribution in [0.5, 0.6) is 5.75 Å². The molecule has 1 heterocycles. The molecule has 0 spiro atoms. The molecule has 1 atom stereocenters. The van der Waals surface area contributed by atoms with Gasteiger partial charge in [0.1, 0.15) is 11.8 Å². The zero-order chi connectivity index (χ0) is 18.6. The zero-order valence-corrected chi connectivity index (χ0v) is 15.6. The van der Waals surface area contributed by atoms with Crippen LogP contribution in [0, 0.1) is 24.2 Å². The third-order valence-electron chi connectivity index (χ3n) is 4.68. The topological polar surface area (TPSA) is 70.4 Å². The maximum Gasteiger partial charge on any atom is 0.244 e. The minimum Gasteiger partial charge on any atom is -0.493 e. The van der Waals surface area contributed by atoms with E-state index in [-0.39, 0.29) is 16.4 Å². The number of nitriles is 1. The third-order valence-corrected chi connectivity index (χ3v) is 6.60. The van der Waals surface area contributed by atoms with Crippen LogP contribution < -0.4 is 4.74 Å². The highest BCUT2D eigenvalue weighted by Crippen LogP contribution is 2.26. The molecule has 0 bridgehead atoms. The van der Waals surface area contributed by atoms with Gasteiger partial charge in [0.25, 0.3) is 0 Å². The van der Waals surface area contributed by atoms with E-state index in [1.54, 1.807) is 12.1 Å². The number of benzene rings is 2. The summed E-state index contributed by atoms with van der Waals surface area (Å²) in [6.45, 7) is 3.36. The fourth-order valence-electron chi connectivity index (χ4n) is 3.23. The first kappa shape index (κ1) is 18.4. The van der Waals surface area contributed by atoms with Crippen LogP contribution in [-0.2, 0) is 10.0 Å². The van der Waals surface area contributed by atoms with Crippen LogP contribution in [0.15, 0.2) is 53.4 Å². The first-order valence-corrected chi connectivity index (χ1v) is 10.1. The van der Waals surface area contributed by atoms with Gasteiger partial charge < -0.3 is 4.74 Å². The molecule has 0 saturated carbocycles. The van der Waals surface area contributed by atoms with Gasteiger partial charge in [-0.25, -0.2) is 8.42 Å². The summed E-state index contributed by atoms with van der Waals surface area (Å²) >= 11 is 0. The first-order valence-electron chi connectivity index (χ1n) is 8.70. The first-order chi connectivity index (χ1) is 12.5. The maximum atomic E-state index is 13.0. The molecule has 136 valence electrons. The standard InChI is InChI=1S/C20H22N2O3S/c1-16-7-2-4-10-19(16)25-15-17-8-6-12-22(14-17)26(23,24)20-11-5-3-9-18(20)13-21/h2-5,7,9-11,17H,6,8,12,14-15H2,1H3. The number of nitrogens with zero attached hydrogens (tertiary/aromatic N) is 2. The summed E-state index contributed by atoms with van der Waals surface area (Å²) in [5.41, 5.74) is 1.25. The molecule has 0 aromatic heterocycles. The van der Waals surface area contributed by atoms with Crippen molar-refractivity contribution in [2.45, 2.75) is 24.7 Å². The van der Waals surface area contributed by atoms with Gasteiger partial charge in [-0.15, -0.1) is 0 Å². The summed E-state index contributed by atoms with van der Waals surface area (Å²) in [4.78, 5) is 0.0861. The van der Waals surface area contributed by atoms with Crippen molar-refractivity contribution in [2.75, 3.05) is 19.7 Å². The number of para-hydroxylation sites is 1. The number of aryl methyl sites for hydroxylation is 1. The molecule has 2 aromatic rings.